The number of halogens is 2. The third-order valence-corrected chi connectivity index (χ3v) is 5.18. The van der Waals surface area contributed by atoms with Gasteiger partial charge in [0.2, 0.25) is 17.2 Å². The largest absolute Gasteiger partial charge is 0.341 e. The van der Waals surface area contributed by atoms with Crippen molar-refractivity contribution in [3.05, 3.63) is 26.1 Å². The molecule has 2 aromatic heterocycles. The zero-order valence-electron chi connectivity index (χ0n) is 11.6. The van der Waals surface area contributed by atoms with Crippen LogP contribution >= 0.6 is 38.9 Å². The van der Waals surface area contributed by atoms with Crippen LogP contribution in [0.25, 0.3) is 0 Å². The summed E-state index contributed by atoms with van der Waals surface area (Å²) in [6.07, 6.45) is 2.36. The smallest absolute Gasteiger partial charge is 0.231 e. The molecule has 1 saturated heterocycles. The third kappa shape index (κ3) is 3.64. The SMILES string of the molecule is CN(Cc1cc(Br)cs1)c1nc(Cl)nc(N2CCCC2)n1. The fourth-order valence-electron chi connectivity index (χ4n) is 2.30. The molecule has 1 aliphatic heterocycles. The van der Waals surface area contributed by atoms with Crippen LogP contribution in [0.3, 0.4) is 0 Å². The van der Waals surface area contributed by atoms with Crippen molar-refractivity contribution in [3.63, 3.8) is 0 Å². The summed E-state index contributed by atoms with van der Waals surface area (Å²) in [5, 5.41) is 2.32. The molecule has 0 aliphatic carbocycles. The van der Waals surface area contributed by atoms with E-state index in [1.807, 2.05) is 11.9 Å². The Bertz CT molecular complexity index is 629. The van der Waals surface area contributed by atoms with Crippen LogP contribution < -0.4 is 9.80 Å². The second-order valence-electron chi connectivity index (χ2n) is 4.99. The second kappa shape index (κ2) is 6.46. The van der Waals surface area contributed by atoms with Crippen molar-refractivity contribution in [2.45, 2.75) is 19.4 Å². The lowest BCUT2D eigenvalue weighted by atomic mass is 10.4. The van der Waals surface area contributed by atoms with Gasteiger partial charge in [-0.2, -0.15) is 15.0 Å². The van der Waals surface area contributed by atoms with Crippen molar-refractivity contribution in [2.24, 2.45) is 0 Å². The Labute approximate surface area is 141 Å². The molecule has 3 rings (SSSR count). The van der Waals surface area contributed by atoms with E-state index in [4.69, 9.17) is 11.6 Å². The molecule has 0 radical (unpaired) electrons. The van der Waals surface area contributed by atoms with Gasteiger partial charge in [-0.25, -0.2) is 0 Å². The van der Waals surface area contributed by atoms with Crippen molar-refractivity contribution in [1.29, 1.82) is 0 Å². The molecule has 0 saturated carbocycles. The normalized spacial score (nSPS) is 14.7. The Morgan fingerprint density at radius 3 is 2.76 bits per heavy atom. The van der Waals surface area contributed by atoms with Crippen molar-refractivity contribution >= 4 is 50.8 Å². The van der Waals surface area contributed by atoms with Gasteiger partial charge in [-0.05, 0) is 46.4 Å². The van der Waals surface area contributed by atoms with Crippen molar-refractivity contribution in [1.82, 2.24) is 15.0 Å². The molecule has 0 amide bonds. The Hall–Kier alpha value is -0.920. The monoisotopic (exact) mass is 387 g/mol. The molecule has 0 bridgehead atoms. The summed E-state index contributed by atoms with van der Waals surface area (Å²) in [7, 11) is 1.97. The maximum atomic E-state index is 6.06. The molecule has 5 nitrogen and oxygen atoms in total. The maximum Gasteiger partial charge on any atom is 0.231 e. The first-order valence-corrected chi connectivity index (χ1v) is 8.77. The number of thiophene rings is 1. The third-order valence-electron chi connectivity index (χ3n) is 3.33. The van der Waals surface area contributed by atoms with E-state index in [9.17, 15) is 0 Å². The van der Waals surface area contributed by atoms with E-state index in [0.717, 1.165) is 24.1 Å². The predicted molar refractivity (Wildman–Crippen MR) is 90.4 cm³/mol. The summed E-state index contributed by atoms with van der Waals surface area (Å²) in [6.45, 7) is 2.72. The maximum absolute atomic E-state index is 6.06. The van der Waals surface area contributed by atoms with Crippen molar-refractivity contribution in [2.75, 3.05) is 29.9 Å². The summed E-state index contributed by atoms with van der Waals surface area (Å²) in [4.78, 5) is 18.4. The number of nitrogens with zero attached hydrogens (tertiary/aromatic N) is 5. The van der Waals surface area contributed by atoms with Gasteiger partial charge < -0.3 is 9.80 Å². The molecule has 21 heavy (non-hydrogen) atoms. The average Bonchev–Trinajstić information content (AvgIpc) is 3.10. The molecule has 0 aromatic carbocycles. The van der Waals surface area contributed by atoms with Crippen LogP contribution in [0.2, 0.25) is 5.28 Å². The van der Waals surface area contributed by atoms with Gasteiger partial charge in [-0.3, -0.25) is 0 Å². The highest BCUT2D eigenvalue weighted by Gasteiger charge is 2.18. The predicted octanol–water partition coefficient (Wildman–Crippen LogP) is 3.59. The van der Waals surface area contributed by atoms with Gasteiger partial charge in [0.05, 0.1) is 6.54 Å². The molecule has 0 spiro atoms. The summed E-state index contributed by atoms with van der Waals surface area (Å²) in [5.74, 6) is 1.29. The van der Waals surface area contributed by atoms with Crippen LogP contribution in [0.1, 0.15) is 17.7 Å². The van der Waals surface area contributed by atoms with Gasteiger partial charge in [0.1, 0.15) is 0 Å². The van der Waals surface area contributed by atoms with Gasteiger partial charge in [0.15, 0.2) is 0 Å². The lowest BCUT2D eigenvalue weighted by molar-refractivity contribution is 0.829. The van der Waals surface area contributed by atoms with Crippen LogP contribution in [-0.4, -0.2) is 35.1 Å². The second-order valence-corrected chi connectivity index (χ2v) is 7.24. The zero-order valence-corrected chi connectivity index (χ0v) is 14.7. The zero-order chi connectivity index (χ0) is 14.8. The molecule has 112 valence electrons. The van der Waals surface area contributed by atoms with Crippen LogP contribution in [0.5, 0.6) is 0 Å². The van der Waals surface area contributed by atoms with Gasteiger partial charge in [-0.1, -0.05) is 0 Å². The Kier molecular flexibility index (Phi) is 4.61. The highest BCUT2D eigenvalue weighted by atomic mass is 79.9. The van der Waals surface area contributed by atoms with E-state index < -0.39 is 0 Å². The van der Waals surface area contributed by atoms with Crippen molar-refractivity contribution in [3.8, 4) is 0 Å². The standard InChI is InChI=1S/C13H15BrClN5S/c1-19(7-10-6-9(14)8-21-10)12-16-11(15)17-13(18-12)20-4-2-3-5-20/h6,8H,2-5,7H2,1H3. The number of anilines is 2. The summed E-state index contributed by atoms with van der Waals surface area (Å²) >= 11 is 11.2. The van der Waals surface area contributed by atoms with Crippen LogP contribution in [0.4, 0.5) is 11.9 Å². The molecule has 1 fully saturated rings. The van der Waals surface area contributed by atoms with E-state index in [1.165, 1.54) is 17.7 Å². The Morgan fingerprint density at radius 2 is 2.10 bits per heavy atom. The van der Waals surface area contributed by atoms with Crippen LogP contribution in [-0.2, 0) is 6.54 Å². The first kappa shape index (κ1) is 15.0. The number of rotatable bonds is 4. The fourth-order valence-corrected chi connectivity index (χ4v) is 3.95. The topological polar surface area (TPSA) is 45.2 Å². The first-order valence-electron chi connectivity index (χ1n) is 6.72. The number of hydrogen-bond donors (Lipinski definition) is 0. The Morgan fingerprint density at radius 1 is 1.33 bits per heavy atom. The van der Waals surface area contributed by atoms with Gasteiger partial charge in [0, 0.05) is 34.9 Å². The summed E-state index contributed by atoms with van der Waals surface area (Å²) in [6, 6.07) is 2.10. The molecule has 3 heterocycles. The van der Waals surface area contributed by atoms with Gasteiger partial charge in [-0.15, -0.1) is 11.3 Å². The first-order chi connectivity index (χ1) is 10.1. The minimum Gasteiger partial charge on any atom is -0.341 e. The van der Waals surface area contributed by atoms with Gasteiger partial charge in [0.25, 0.3) is 0 Å². The molecule has 0 N–H and O–H groups in total. The van der Waals surface area contributed by atoms with E-state index in [2.05, 4.69) is 47.2 Å². The minimum absolute atomic E-state index is 0.251. The fraction of sp³-hybridized carbons (Fsp3) is 0.462. The highest BCUT2D eigenvalue weighted by Crippen LogP contribution is 2.24. The lowest BCUT2D eigenvalue weighted by Crippen LogP contribution is -2.24. The quantitative estimate of drug-likeness (QED) is 0.801. The number of hydrogen-bond acceptors (Lipinski definition) is 6. The molecule has 1 aliphatic rings. The van der Waals surface area contributed by atoms with Crippen LogP contribution in [0, 0.1) is 0 Å². The van der Waals surface area contributed by atoms with E-state index >= 15 is 0 Å². The van der Waals surface area contributed by atoms with E-state index in [-0.39, 0.29) is 5.28 Å². The minimum atomic E-state index is 0.251. The average molecular weight is 389 g/mol. The highest BCUT2D eigenvalue weighted by molar-refractivity contribution is 9.10. The van der Waals surface area contributed by atoms with Crippen molar-refractivity contribution < 1.29 is 0 Å². The molecular weight excluding hydrogens is 374 g/mol. The molecule has 0 atom stereocenters. The summed E-state index contributed by atoms with van der Waals surface area (Å²) < 4.78 is 1.10. The molecule has 2 aromatic rings. The van der Waals surface area contributed by atoms with E-state index in [0.29, 0.717) is 11.9 Å². The molecular formula is C13H15BrClN5S. The van der Waals surface area contributed by atoms with Crippen LogP contribution in [0.15, 0.2) is 15.9 Å². The Balaban J connectivity index is 1.80. The van der Waals surface area contributed by atoms with Gasteiger partial charge >= 0.3 is 0 Å². The number of aromatic nitrogens is 3. The molecule has 8 heteroatoms. The lowest BCUT2D eigenvalue weighted by Gasteiger charge is -2.20. The summed E-state index contributed by atoms with van der Waals surface area (Å²) in [5.41, 5.74) is 0. The van der Waals surface area contributed by atoms with E-state index in [1.54, 1.807) is 11.3 Å². The molecule has 0 unspecified atom stereocenters.